The van der Waals surface area contributed by atoms with Gasteiger partial charge < -0.3 is 20.3 Å². The van der Waals surface area contributed by atoms with Gasteiger partial charge in [-0.3, -0.25) is 9.59 Å². The minimum absolute atomic E-state index is 0. The number of halogens is 3. The summed E-state index contributed by atoms with van der Waals surface area (Å²) in [5.41, 5.74) is 4.59. The number of nitrogens with two attached hydrogens (primary N) is 1. The van der Waals surface area contributed by atoms with Gasteiger partial charge in [0, 0.05) is 6.54 Å². The molecule has 2 saturated heterocycles. The molecule has 0 saturated carbocycles. The molecule has 0 aliphatic carbocycles. The Balaban J connectivity index is 0.00000121. The Kier molecular flexibility index (Phi) is 11.2. The molecular weight excluding hydrogens is 514 g/mol. The highest BCUT2D eigenvalue weighted by molar-refractivity contribution is 5.85. The fraction of sp³-hybridized carbons (Fsp3) is 0.464. The summed E-state index contributed by atoms with van der Waals surface area (Å²) in [5.74, 6) is -2.00. The lowest BCUT2D eigenvalue weighted by molar-refractivity contribution is -0.172. The molecule has 10 heteroatoms. The van der Waals surface area contributed by atoms with E-state index in [2.05, 4.69) is 16.7 Å². The van der Waals surface area contributed by atoms with E-state index in [1.54, 1.807) is 4.90 Å². The van der Waals surface area contributed by atoms with Gasteiger partial charge in [0.1, 0.15) is 6.61 Å². The Hall–Kier alpha value is -3.06. The fourth-order valence-electron chi connectivity index (χ4n) is 5.29. The molecule has 2 N–H and O–H groups in total. The lowest BCUT2D eigenvalue weighted by Gasteiger charge is -2.46. The van der Waals surface area contributed by atoms with Crippen LogP contribution in [0.2, 0.25) is 0 Å². The van der Waals surface area contributed by atoms with E-state index < -0.39 is 28.7 Å². The molecule has 2 aliphatic rings. The Labute approximate surface area is 228 Å². The van der Waals surface area contributed by atoms with Crippen LogP contribution in [0.3, 0.4) is 0 Å². The zero-order chi connectivity index (χ0) is 27.1. The van der Waals surface area contributed by atoms with Crippen molar-refractivity contribution in [3.05, 3.63) is 71.3 Å². The van der Waals surface area contributed by atoms with E-state index in [4.69, 9.17) is 9.53 Å². The van der Waals surface area contributed by atoms with Crippen molar-refractivity contribution in [1.29, 1.82) is 5.26 Å². The minimum Gasteiger partial charge on any atom is -0.372 e. The predicted octanol–water partition coefficient (Wildman–Crippen LogP) is 4.11. The molecule has 206 valence electrons. The maximum atomic E-state index is 14.0. The van der Waals surface area contributed by atoms with Crippen LogP contribution in [-0.4, -0.2) is 60.5 Å². The highest BCUT2D eigenvalue weighted by Gasteiger charge is 2.43. The third kappa shape index (κ3) is 7.07. The van der Waals surface area contributed by atoms with Gasteiger partial charge >= 0.3 is 0 Å². The summed E-state index contributed by atoms with van der Waals surface area (Å²) in [6.07, 6.45) is 2.54. The van der Waals surface area contributed by atoms with E-state index >= 15 is 0 Å². The summed E-state index contributed by atoms with van der Waals surface area (Å²) in [5, 5.41) is 9.91. The predicted molar refractivity (Wildman–Crippen MR) is 142 cm³/mol. The van der Waals surface area contributed by atoms with Crippen LogP contribution in [0.25, 0.3) is 0 Å². The number of hydrogen-bond donors (Lipinski definition) is 1. The SMILES string of the molecule is CC1(C)OCC(=O)N(CCCN2CCC(C#N)(c3ccccc3)CC2)C1c1ccc(F)c(F)c1.Cl.NC=O. The van der Waals surface area contributed by atoms with Crippen molar-refractivity contribution in [2.75, 3.05) is 32.8 Å². The molecule has 0 bridgehead atoms. The number of morpholine rings is 1. The van der Waals surface area contributed by atoms with Crippen molar-refractivity contribution >= 4 is 24.7 Å². The Morgan fingerprint density at radius 1 is 1.11 bits per heavy atom. The average Bonchev–Trinajstić information content (AvgIpc) is 2.89. The lowest BCUT2D eigenvalue weighted by atomic mass is 9.74. The first-order chi connectivity index (χ1) is 17.7. The average molecular weight is 549 g/mol. The van der Waals surface area contributed by atoms with E-state index in [1.165, 1.54) is 6.07 Å². The highest BCUT2D eigenvalue weighted by atomic mass is 35.5. The number of hydrogen-bond acceptors (Lipinski definition) is 5. The Morgan fingerprint density at radius 2 is 1.74 bits per heavy atom. The van der Waals surface area contributed by atoms with Crippen LogP contribution < -0.4 is 5.73 Å². The number of amides is 2. The van der Waals surface area contributed by atoms with Gasteiger partial charge in [0.25, 0.3) is 0 Å². The third-order valence-corrected chi connectivity index (χ3v) is 7.24. The second kappa shape index (κ2) is 13.7. The van der Waals surface area contributed by atoms with Gasteiger partial charge in [0.15, 0.2) is 11.6 Å². The molecule has 7 nitrogen and oxygen atoms in total. The van der Waals surface area contributed by atoms with Crippen molar-refractivity contribution in [2.24, 2.45) is 5.73 Å². The number of likely N-dealkylation sites (tertiary alicyclic amines) is 1. The maximum absolute atomic E-state index is 14.0. The van der Waals surface area contributed by atoms with Crippen molar-refractivity contribution in [3.63, 3.8) is 0 Å². The summed E-state index contributed by atoms with van der Waals surface area (Å²) in [6.45, 7) is 6.63. The summed E-state index contributed by atoms with van der Waals surface area (Å²) < 4.78 is 33.3. The van der Waals surface area contributed by atoms with Crippen molar-refractivity contribution in [1.82, 2.24) is 9.80 Å². The Bertz CT molecular complexity index is 1120. The second-order valence-electron chi connectivity index (χ2n) is 9.95. The van der Waals surface area contributed by atoms with Crippen molar-refractivity contribution < 1.29 is 23.1 Å². The molecule has 2 fully saturated rings. The monoisotopic (exact) mass is 548 g/mol. The number of benzene rings is 2. The van der Waals surface area contributed by atoms with E-state index in [0.717, 1.165) is 56.6 Å². The second-order valence-corrected chi connectivity index (χ2v) is 9.95. The number of primary amides is 1. The molecule has 0 radical (unpaired) electrons. The highest BCUT2D eigenvalue weighted by Crippen LogP contribution is 2.39. The van der Waals surface area contributed by atoms with Gasteiger partial charge in [-0.1, -0.05) is 36.4 Å². The lowest BCUT2D eigenvalue weighted by Crippen LogP contribution is -2.54. The van der Waals surface area contributed by atoms with Crippen LogP contribution in [0.4, 0.5) is 8.78 Å². The van der Waals surface area contributed by atoms with Gasteiger partial charge in [0.2, 0.25) is 12.3 Å². The van der Waals surface area contributed by atoms with Gasteiger partial charge in [-0.05, 0) is 76.0 Å². The summed E-state index contributed by atoms with van der Waals surface area (Å²) in [6, 6.07) is 15.8. The number of ether oxygens (including phenoxy) is 1. The first-order valence-electron chi connectivity index (χ1n) is 12.4. The number of carbonyl (C=O) groups is 2. The summed E-state index contributed by atoms with van der Waals surface area (Å²) in [4.78, 5) is 25.4. The normalized spacial score (nSPS) is 20.3. The number of nitriles is 1. The van der Waals surface area contributed by atoms with Gasteiger partial charge in [0.05, 0.1) is 23.1 Å². The Morgan fingerprint density at radius 3 is 2.32 bits per heavy atom. The van der Waals surface area contributed by atoms with Crippen LogP contribution in [0.15, 0.2) is 48.5 Å². The van der Waals surface area contributed by atoms with E-state index in [-0.39, 0.29) is 31.3 Å². The van der Waals surface area contributed by atoms with Crippen LogP contribution in [0, 0.1) is 23.0 Å². The van der Waals surface area contributed by atoms with Crippen molar-refractivity contribution in [3.8, 4) is 6.07 Å². The smallest absolute Gasteiger partial charge is 0.249 e. The van der Waals surface area contributed by atoms with Crippen LogP contribution >= 0.6 is 12.4 Å². The fourth-order valence-corrected chi connectivity index (χ4v) is 5.29. The van der Waals surface area contributed by atoms with Gasteiger partial charge in [-0.2, -0.15) is 5.26 Å². The number of piperidine rings is 1. The largest absolute Gasteiger partial charge is 0.372 e. The van der Waals surface area contributed by atoms with E-state index in [0.29, 0.717) is 12.1 Å². The summed E-state index contributed by atoms with van der Waals surface area (Å²) >= 11 is 0. The molecule has 4 rings (SSSR count). The zero-order valence-electron chi connectivity index (χ0n) is 21.7. The quantitative estimate of drug-likeness (QED) is 0.548. The zero-order valence-corrected chi connectivity index (χ0v) is 22.6. The molecule has 2 amide bonds. The van der Waals surface area contributed by atoms with Gasteiger partial charge in [-0.15, -0.1) is 12.4 Å². The van der Waals surface area contributed by atoms with E-state index in [9.17, 15) is 18.8 Å². The molecule has 2 aromatic rings. The molecule has 2 heterocycles. The molecule has 1 atom stereocenters. The van der Waals surface area contributed by atoms with Crippen LogP contribution in [-0.2, 0) is 19.7 Å². The number of carbonyl (C=O) groups excluding carboxylic acids is 2. The first kappa shape index (κ1) is 31.2. The van der Waals surface area contributed by atoms with Crippen LogP contribution in [0.5, 0.6) is 0 Å². The molecule has 1 unspecified atom stereocenters. The number of nitrogens with zero attached hydrogens (tertiary/aromatic N) is 3. The third-order valence-electron chi connectivity index (χ3n) is 7.24. The summed E-state index contributed by atoms with van der Waals surface area (Å²) in [7, 11) is 0. The minimum atomic E-state index is -0.931. The maximum Gasteiger partial charge on any atom is 0.249 e. The molecule has 0 spiro atoms. The number of rotatable bonds is 6. The molecule has 2 aromatic carbocycles. The molecular formula is C28H35ClF2N4O3. The standard InChI is InChI=1S/C27H31F2N3O2.CH3NO.ClH/c1-26(2)25(20-9-10-22(28)23(29)17-20)32(24(33)18-34-26)14-6-13-31-15-11-27(19-30,12-16-31)21-7-4-3-5-8-21;2-1-3;/h3-5,7-10,17,25H,6,11-16,18H2,1-2H3;1H,(H2,2,3);1H. The van der Waals surface area contributed by atoms with E-state index in [1.807, 2.05) is 44.2 Å². The van der Waals surface area contributed by atoms with Crippen LogP contribution in [0.1, 0.15) is 50.3 Å². The topological polar surface area (TPSA) is 99.7 Å². The van der Waals surface area contributed by atoms with Gasteiger partial charge in [-0.25, -0.2) is 8.78 Å². The first-order valence-corrected chi connectivity index (χ1v) is 12.4. The molecule has 2 aliphatic heterocycles. The molecule has 0 aromatic heterocycles. The molecule has 38 heavy (non-hydrogen) atoms. The van der Waals surface area contributed by atoms with Crippen molar-refractivity contribution in [2.45, 2.75) is 50.2 Å².